The molecule has 0 atom stereocenters. The second-order valence-electron chi connectivity index (χ2n) is 39.4. The predicted octanol–water partition coefficient (Wildman–Crippen LogP) is 34.4. The quantitative estimate of drug-likeness (QED) is 0.108. The standard InChI is InChI=1S/C64H50N2.C64H49NO/c1-2-12-44(13-3-1)45-22-27-50(28-23-45)65(52-31-33-53(34-32-52)66-62-20-10-7-17-57(62)58-18-8-11-21-63(58)66)51-29-24-46(25-30-51)54-14-4-5-15-55(54)47-26-35-61-59(41-47)56-16-6-9-19-60(56)64(61)48-37-42-36-43(39-48)40-49(64)38-42;1-2-10-43(11-3-1)44-18-26-51(27-19-44)65(52-28-20-45(21-29-52)47-24-32-58-57-15-7-9-17-62(57)66-63(58)40-47)53-30-22-46(23-31-53)54-12-4-5-13-55(54)48-25-33-61-59(39-48)56-14-6-8-16-60(56)64(61)49-35-41-34-42(37-49)38-50(64)36-41/h1-35,41-43,48-49H,36-40H2;1-33,39-42,49-50H,34-38H2. The predicted molar refractivity (Wildman–Crippen MR) is 548 cm³/mol. The number of aromatic nitrogens is 1. The highest BCUT2D eigenvalue weighted by Gasteiger charge is 2.63. The van der Waals surface area contributed by atoms with E-state index in [9.17, 15) is 0 Å². The van der Waals surface area contributed by atoms with Gasteiger partial charge in [-0.15, -0.1) is 0 Å². The van der Waals surface area contributed by atoms with E-state index in [-0.39, 0.29) is 10.8 Å². The van der Waals surface area contributed by atoms with Crippen LogP contribution in [0, 0.1) is 47.3 Å². The summed E-state index contributed by atoms with van der Waals surface area (Å²) in [5.74, 6) is 6.84. The van der Waals surface area contributed by atoms with Gasteiger partial charge in [-0.3, -0.25) is 0 Å². The number of fused-ring (bicyclic) bond motifs is 12. The van der Waals surface area contributed by atoms with Crippen LogP contribution in [0.2, 0.25) is 0 Å². The molecule has 632 valence electrons. The van der Waals surface area contributed by atoms with E-state index in [2.05, 4.69) is 433 Å². The Morgan fingerprint density at radius 3 is 0.894 bits per heavy atom. The SMILES string of the molecule is c1ccc(-c2ccc(N(c3ccc(-c4ccc5c(c4)oc4ccccc45)cc3)c3ccc(-c4ccccc4-c4ccc5c(c4)-c4ccccc4C54C5CC6CC(C5)CC4C6)cc3)cc2)cc1.c1ccc(-c2ccc(N(c3ccc(-c4ccccc4-c4ccc5c(c4)-c4ccccc4C54C5CC6CC(C5)CC4C6)cc3)c3ccc(-n4c5ccccc5c5ccccc54)cc3)cc2)cc1. The van der Waals surface area contributed by atoms with Crippen molar-refractivity contribution < 1.29 is 4.42 Å². The molecule has 18 aromatic carbocycles. The van der Waals surface area contributed by atoms with Crippen molar-refractivity contribution in [1.82, 2.24) is 4.57 Å². The summed E-state index contributed by atoms with van der Waals surface area (Å²) in [7, 11) is 0. The summed E-state index contributed by atoms with van der Waals surface area (Å²) in [6.07, 6.45) is 14.2. The number of furan rings is 1. The summed E-state index contributed by atoms with van der Waals surface area (Å²) in [5, 5.41) is 4.83. The van der Waals surface area contributed by atoms with Gasteiger partial charge in [0, 0.05) is 72.2 Å². The molecular formula is C128H99N3O. The molecule has 0 radical (unpaired) electrons. The fourth-order valence-corrected chi connectivity index (χ4v) is 27.6. The van der Waals surface area contributed by atoms with Gasteiger partial charge in [-0.25, -0.2) is 0 Å². The zero-order chi connectivity index (χ0) is 86.7. The molecule has 4 heteroatoms. The molecule has 8 fully saturated rings. The van der Waals surface area contributed by atoms with Crippen molar-refractivity contribution >= 4 is 77.9 Å². The van der Waals surface area contributed by atoms with Crippen LogP contribution >= 0.6 is 0 Å². The van der Waals surface area contributed by atoms with E-state index in [0.717, 1.165) is 120 Å². The molecule has 8 saturated carbocycles. The largest absolute Gasteiger partial charge is 0.456 e. The van der Waals surface area contributed by atoms with Crippen molar-refractivity contribution in [2.75, 3.05) is 9.80 Å². The first-order valence-corrected chi connectivity index (χ1v) is 48.2. The van der Waals surface area contributed by atoms with E-state index in [0.29, 0.717) is 0 Å². The number of para-hydroxylation sites is 3. The van der Waals surface area contributed by atoms with Crippen LogP contribution in [0.3, 0.4) is 0 Å². The smallest absolute Gasteiger partial charge is 0.136 e. The van der Waals surface area contributed by atoms with E-state index < -0.39 is 0 Å². The first-order chi connectivity index (χ1) is 65.3. The van der Waals surface area contributed by atoms with Crippen LogP contribution in [0.1, 0.15) is 86.5 Å². The van der Waals surface area contributed by atoms with Gasteiger partial charge in [0.2, 0.25) is 0 Å². The first kappa shape index (κ1) is 77.1. The lowest BCUT2D eigenvalue weighted by molar-refractivity contribution is -0.0399. The van der Waals surface area contributed by atoms with Crippen LogP contribution in [-0.2, 0) is 10.8 Å². The number of anilines is 6. The van der Waals surface area contributed by atoms with Gasteiger partial charge in [-0.1, -0.05) is 303 Å². The minimum absolute atomic E-state index is 0.186. The highest BCUT2D eigenvalue weighted by atomic mass is 16.3. The monoisotopic (exact) mass is 1690 g/mol. The molecule has 2 aromatic heterocycles. The number of nitrogens with zero attached hydrogens (tertiary/aromatic N) is 3. The molecule has 0 unspecified atom stereocenters. The lowest BCUT2D eigenvalue weighted by Gasteiger charge is -2.61. The summed E-state index contributed by atoms with van der Waals surface area (Å²) in [5.41, 5.74) is 42.0. The summed E-state index contributed by atoms with van der Waals surface area (Å²) in [6, 6.07) is 160. The minimum atomic E-state index is 0.186. The van der Waals surface area contributed by atoms with Gasteiger partial charge >= 0.3 is 0 Å². The maximum atomic E-state index is 6.27. The highest BCUT2D eigenvalue weighted by Crippen LogP contribution is 2.72. The van der Waals surface area contributed by atoms with Gasteiger partial charge in [-0.2, -0.15) is 0 Å². The number of hydrogen-bond donors (Lipinski definition) is 0. The molecule has 0 aliphatic heterocycles. The Kier molecular flexibility index (Phi) is 18.1. The Morgan fingerprint density at radius 2 is 0.485 bits per heavy atom. The molecule has 10 aliphatic carbocycles. The Balaban J connectivity index is 0.000000135. The Bertz CT molecular complexity index is 7760. The Labute approximate surface area is 772 Å². The van der Waals surface area contributed by atoms with Gasteiger partial charge < -0.3 is 18.8 Å². The van der Waals surface area contributed by atoms with E-state index in [1.165, 1.54) is 175 Å². The van der Waals surface area contributed by atoms with E-state index >= 15 is 0 Å². The summed E-state index contributed by atoms with van der Waals surface area (Å²) >= 11 is 0. The summed E-state index contributed by atoms with van der Waals surface area (Å²) < 4.78 is 8.66. The normalized spacial score (nSPS) is 21.1. The molecule has 2 spiro atoms. The fraction of sp³-hybridized carbons (Fsp3) is 0.156. The van der Waals surface area contributed by atoms with Crippen molar-refractivity contribution in [2.45, 2.75) is 75.0 Å². The molecule has 0 amide bonds. The Hall–Kier alpha value is -14.8. The average Bonchev–Trinajstić information content (AvgIpc) is 1.50. The van der Waals surface area contributed by atoms with Crippen LogP contribution in [0.5, 0.6) is 0 Å². The van der Waals surface area contributed by atoms with E-state index in [1.807, 2.05) is 12.1 Å². The van der Waals surface area contributed by atoms with Crippen molar-refractivity contribution in [3.8, 4) is 106 Å². The lowest BCUT2D eigenvalue weighted by atomic mass is 9.43. The second-order valence-corrected chi connectivity index (χ2v) is 39.4. The third-order valence-electron chi connectivity index (χ3n) is 32.7. The number of benzene rings is 18. The molecule has 0 saturated heterocycles. The third kappa shape index (κ3) is 12.3. The Morgan fingerprint density at radius 1 is 0.197 bits per heavy atom. The fourth-order valence-electron chi connectivity index (χ4n) is 27.6. The van der Waals surface area contributed by atoms with Gasteiger partial charge in [0.05, 0.1) is 11.0 Å². The molecule has 30 rings (SSSR count). The summed E-state index contributed by atoms with van der Waals surface area (Å²) in [6.45, 7) is 0. The molecule has 4 nitrogen and oxygen atoms in total. The van der Waals surface area contributed by atoms with Crippen molar-refractivity contribution in [3.05, 3.63) is 453 Å². The van der Waals surface area contributed by atoms with Gasteiger partial charge in [0.15, 0.2) is 0 Å². The molecule has 10 aliphatic rings. The molecule has 0 N–H and O–H groups in total. The van der Waals surface area contributed by atoms with E-state index in [4.69, 9.17) is 4.42 Å². The van der Waals surface area contributed by atoms with Crippen molar-refractivity contribution in [3.63, 3.8) is 0 Å². The maximum absolute atomic E-state index is 6.27. The molecule has 8 bridgehead atoms. The van der Waals surface area contributed by atoms with Crippen LogP contribution in [0.25, 0.3) is 150 Å². The van der Waals surface area contributed by atoms with Gasteiger partial charge in [0.1, 0.15) is 11.2 Å². The van der Waals surface area contributed by atoms with Gasteiger partial charge in [0.25, 0.3) is 0 Å². The molecule has 132 heavy (non-hydrogen) atoms. The molecule has 20 aromatic rings. The number of hydrogen-bond acceptors (Lipinski definition) is 3. The average molecular weight is 1700 g/mol. The van der Waals surface area contributed by atoms with Crippen LogP contribution in [0.4, 0.5) is 34.1 Å². The summed E-state index contributed by atoms with van der Waals surface area (Å²) in [4.78, 5) is 4.76. The van der Waals surface area contributed by atoms with Crippen LogP contribution in [-0.4, -0.2) is 4.57 Å². The van der Waals surface area contributed by atoms with Crippen LogP contribution < -0.4 is 9.80 Å². The van der Waals surface area contributed by atoms with Gasteiger partial charge in [-0.05, 0) is 361 Å². The highest BCUT2D eigenvalue weighted by molar-refractivity contribution is 6.10. The van der Waals surface area contributed by atoms with Crippen molar-refractivity contribution in [2.24, 2.45) is 47.3 Å². The zero-order valence-electron chi connectivity index (χ0n) is 73.9. The number of rotatable bonds is 14. The zero-order valence-corrected chi connectivity index (χ0v) is 73.9. The first-order valence-electron chi connectivity index (χ1n) is 48.2. The molecular weight excluding hydrogens is 1600 g/mol. The maximum Gasteiger partial charge on any atom is 0.136 e. The molecule has 2 heterocycles. The second kappa shape index (κ2) is 30.9. The van der Waals surface area contributed by atoms with E-state index in [1.54, 1.807) is 22.3 Å². The minimum Gasteiger partial charge on any atom is -0.456 e. The lowest BCUT2D eigenvalue weighted by Crippen LogP contribution is -2.55. The van der Waals surface area contributed by atoms with Crippen molar-refractivity contribution in [1.29, 1.82) is 0 Å². The van der Waals surface area contributed by atoms with Crippen LogP contribution in [0.15, 0.2) is 435 Å². The topological polar surface area (TPSA) is 24.6 Å². The third-order valence-corrected chi connectivity index (χ3v) is 32.7.